The van der Waals surface area contributed by atoms with Crippen LogP contribution in [-0.4, -0.2) is 69.2 Å². The number of rotatable bonds is 4. The van der Waals surface area contributed by atoms with Crippen molar-refractivity contribution in [3.05, 3.63) is 82.3 Å². The molecule has 240 valence electrons. The number of aryl methyl sites for hydroxylation is 1. The highest BCUT2D eigenvalue weighted by Gasteiger charge is 2.39. The van der Waals surface area contributed by atoms with Crippen molar-refractivity contribution >= 4 is 28.3 Å². The van der Waals surface area contributed by atoms with E-state index in [0.717, 1.165) is 12.1 Å². The third-order valence-corrected chi connectivity index (χ3v) is 9.04. The molecule has 4 aromatic rings. The number of phenols is 1. The molecule has 2 aliphatic rings. The second-order valence-electron chi connectivity index (χ2n) is 12.4. The number of nitrogens with zero attached hydrogens (tertiary/aromatic N) is 6. The van der Waals surface area contributed by atoms with E-state index < -0.39 is 40.0 Å². The highest BCUT2D eigenvalue weighted by atomic mass is 19.2. The van der Waals surface area contributed by atoms with Gasteiger partial charge in [0.05, 0.1) is 39.6 Å². The second-order valence-corrected chi connectivity index (χ2v) is 12.4. The summed E-state index contributed by atoms with van der Waals surface area (Å²) < 4.78 is 48.3. The molecule has 12 heteroatoms. The van der Waals surface area contributed by atoms with Crippen molar-refractivity contribution in [2.75, 3.05) is 36.5 Å². The number of anilines is 2. The molecule has 46 heavy (non-hydrogen) atoms. The Bertz CT molecular complexity index is 1980. The van der Waals surface area contributed by atoms with Gasteiger partial charge in [0.1, 0.15) is 11.6 Å². The number of piperazine rings is 1. The number of aromatic hydroxyl groups is 1. The van der Waals surface area contributed by atoms with Gasteiger partial charge in [0.25, 0.3) is 0 Å². The Morgan fingerprint density at radius 2 is 1.87 bits per heavy atom. The van der Waals surface area contributed by atoms with Crippen LogP contribution in [0.5, 0.6) is 5.75 Å². The van der Waals surface area contributed by atoms with E-state index in [9.17, 15) is 19.1 Å². The van der Waals surface area contributed by atoms with Crippen LogP contribution in [0.3, 0.4) is 0 Å². The molecule has 1 amide bonds. The van der Waals surface area contributed by atoms with Crippen LogP contribution in [-0.2, 0) is 4.79 Å². The molecular formula is C34H35F3N6O3. The molecule has 2 aromatic heterocycles. The van der Waals surface area contributed by atoms with Gasteiger partial charge in [-0.05, 0) is 62.1 Å². The van der Waals surface area contributed by atoms with Gasteiger partial charge in [0.15, 0.2) is 17.5 Å². The third kappa shape index (κ3) is 4.78. The average Bonchev–Trinajstić information content (AvgIpc) is 3.01. The summed E-state index contributed by atoms with van der Waals surface area (Å²) in [6.07, 6.45) is 3.38. The number of hydrogen-bond acceptors (Lipinski definition) is 7. The number of carbonyl (C=O) groups is 1. The molecule has 2 aromatic carbocycles. The zero-order chi connectivity index (χ0) is 33.2. The third-order valence-electron chi connectivity index (χ3n) is 9.04. The van der Waals surface area contributed by atoms with E-state index in [1.807, 2.05) is 32.6 Å². The second kappa shape index (κ2) is 11.5. The van der Waals surface area contributed by atoms with Crippen LogP contribution < -0.4 is 15.5 Å². The van der Waals surface area contributed by atoms with Gasteiger partial charge in [-0.2, -0.15) is 4.98 Å². The summed E-state index contributed by atoms with van der Waals surface area (Å²) in [5.74, 6) is -4.34. The molecule has 2 atom stereocenters. The van der Waals surface area contributed by atoms with Crippen LogP contribution in [0.4, 0.5) is 24.7 Å². The van der Waals surface area contributed by atoms with Crippen molar-refractivity contribution in [1.82, 2.24) is 19.4 Å². The number of amides is 1. The normalized spacial score (nSPS) is 18.1. The molecule has 1 N–H and O–H groups in total. The number of halogens is 3. The van der Waals surface area contributed by atoms with Crippen LogP contribution in [0.1, 0.15) is 44.4 Å². The Labute approximate surface area is 264 Å². The fourth-order valence-electron chi connectivity index (χ4n) is 6.91. The van der Waals surface area contributed by atoms with Crippen molar-refractivity contribution in [3.8, 4) is 22.6 Å². The minimum atomic E-state index is -1.42. The maximum absolute atomic E-state index is 17.0. The number of hydrogen-bond donors (Lipinski definition) is 1. The van der Waals surface area contributed by atoms with Gasteiger partial charge >= 0.3 is 5.69 Å². The fraction of sp³-hybridized carbons (Fsp3) is 0.353. The first-order valence-corrected chi connectivity index (χ1v) is 15.2. The lowest BCUT2D eigenvalue weighted by atomic mass is 9.95. The molecule has 4 heterocycles. The SMILES string of the molecule is C=CC(=O)N1CC(C)N2c3nc(=O)n(-c4c(C)ccnc4C(C)C)c4cc(-c5c(O)ccc(F)c5F)c(F)c(c34)N(C)CCC2C1. The van der Waals surface area contributed by atoms with Gasteiger partial charge in [-0.1, -0.05) is 20.4 Å². The Morgan fingerprint density at radius 3 is 2.57 bits per heavy atom. The van der Waals surface area contributed by atoms with Crippen LogP contribution in [0.15, 0.2) is 47.9 Å². The first kappa shape index (κ1) is 31.1. The van der Waals surface area contributed by atoms with Crippen molar-refractivity contribution in [2.24, 2.45) is 0 Å². The molecule has 0 radical (unpaired) electrons. The molecule has 0 spiro atoms. The zero-order valence-corrected chi connectivity index (χ0v) is 26.3. The number of fused-ring (bicyclic) bond motifs is 2. The van der Waals surface area contributed by atoms with Gasteiger partial charge in [-0.3, -0.25) is 14.3 Å². The lowest BCUT2D eigenvalue weighted by Gasteiger charge is -2.48. The Kier molecular flexibility index (Phi) is 7.77. The van der Waals surface area contributed by atoms with Crippen LogP contribution in [0.25, 0.3) is 27.7 Å². The largest absolute Gasteiger partial charge is 0.507 e. The Morgan fingerprint density at radius 1 is 1.13 bits per heavy atom. The van der Waals surface area contributed by atoms with Crippen molar-refractivity contribution < 1.29 is 23.1 Å². The summed E-state index contributed by atoms with van der Waals surface area (Å²) in [7, 11) is 1.67. The summed E-state index contributed by atoms with van der Waals surface area (Å²) in [4.78, 5) is 41.4. The minimum Gasteiger partial charge on any atom is -0.507 e. The lowest BCUT2D eigenvalue weighted by molar-refractivity contribution is -0.127. The molecule has 9 nitrogen and oxygen atoms in total. The first-order chi connectivity index (χ1) is 21.8. The van der Waals surface area contributed by atoms with Crippen LogP contribution >= 0.6 is 0 Å². The van der Waals surface area contributed by atoms with Crippen molar-refractivity contribution in [3.63, 3.8) is 0 Å². The quantitative estimate of drug-likeness (QED) is 0.300. The molecule has 2 aliphatic heterocycles. The van der Waals surface area contributed by atoms with E-state index in [0.29, 0.717) is 43.0 Å². The molecule has 0 saturated carbocycles. The molecule has 6 rings (SSSR count). The molecule has 0 aliphatic carbocycles. The van der Waals surface area contributed by atoms with Gasteiger partial charge in [0, 0.05) is 44.5 Å². The number of carbonyl (C=O) groups excluding carboxylic acids is 1. The van der Waals surface area contributed by atoms with Gasteiger partial charge in [0.2, 0.25) is 5.91 Å². The average molecular weight is 633 g/mol. The molecule has 1 fully saturated rings. The van der Waals surface area contributed by atoms with Crippen molar-refractivity contribution in [2.45, 2.75) is 52.1 Å². The monoisotopic (exact) mass is 632 g/mol. The summed E-state index contributed by atoms with van der Waals surface area (Å²) in [5.41, 5.74) is 0.213. The van der Waals surface area contributed by atoms with E-state index in [4.69, 9.17) is 0 Å². The predicted molar refractivity (Wildman–Crippen MR) is 171 cm³/mol. The number of phenolic OH excluding ortho intramolecular Hbond substituents is 1. The maximum atomic E-state index is 17.0. The molecule has 1 saturated heterocycles. The van der Waals surface area contributed by atoms with Crippen molar-refractivity contribution in [1.29, 1.82) is 0 Å². The summed E-state index contributed by atoms with van der Waals surface area (Å²) in [6.45, 7) is 12.2. The van der Waals surface area contributed by atoms with Crippen LogP contribution in [0.2, 0.25) is 0 Å². The predicted octanol–water partition coefficient (Wildman–Crippen LogP) is 5.43. The Hall–Kier alpha value is -4.87. The summed E-state index contributed by atoms with van der Waals surface area (Å²) in [5, 5.41) is 11.0. The standard InChI is InChI=1S/C34H35F3N6O3/c1-7-25(45)41-15-19(5)42-20(16-41)11-13-40(6)32-27-23(14-21(28(32)36)26-24(44)9-8-22(35)29(26)37)43(34(46)39-33(27)42)31-18(4)10-12-38-30(31)17(2)3/h7-10,12,14,17,19-20,44H,1,11,13,15-16H2,2-6H3. The highest BCUT2D eigenvalue weighted by molar-refractivity contribution is 6.05. The first-order valence-electron chi connectivity index (χ1n) is 15.2. The Balaban J connectivity index is 1.78. The van der Waals surface area contributed by atoms with E-state index in [-0.39, 0.29) is 46.3 Å². The van der Waals surface area contributed by atoms with Gasteiger partial charge in [-0.15, -0.1) is 0 Å². The molecule has 0 bridgehead atoms. The van der Waals surface area contributed by atoms with E-state index in [1.54, 1.807) is 29.1 Å². The van der Waals surface area contributed by atoms with E-state index in [2.05, 4.69) is 16.5 Å². The number of benzene rings is 2. The summed E-state index contributed by atoms with van der Waals surface area (Å²) in [6, 6.07) is 4.17. The molecule has 2 unspecified atom stereocenters. The smallest absolute Gasteiger partial charge is 0.354 e. The fourth-order valence-corrected chi connectivity index (χ4v) is 6.91. The summed E-state index contributed by atoms with van der Waals surface area (Å²) >= 11 is 0. The topological polar surface area (TPSA) is 94.8 Å². The number of pyridine rings is 1. The number of aromatic nitrogens is 3. The van der Waals surface area contributed by atoms with E-state index in [1.165, 1.54) is 16.7 Å². The minimum absolute atomic E-state index is 0.0229. The zero-order valence-electron chi connectivity index (χ0n) is 26.3. The van der Waals surface area contributed by atoms with E-state index >= 15 is 8.78 Å². The maximum Gasteiger partial charge on any atom is 0.354 e. The molecular weight excluding hydrogens is 597 g/mol. The highest BCUT2D eigenvalue weighted by Crippen LogP contribution is 2.46. The van der Waals surface area contributed by atoms with Crippen LogP contribution in [0, 0.1) is 24.4 Å². The van der Waals surface area contributed by atoms with Gasteiger partial charge < -0.3 is 19.8 Å². The lowest BCUT2D eigenvalue weighted by Crippen LogP contribution is -2.60. The van der Waals surface area contributed by atoms with Gasteiger partial charge in [-0.25, -0.2) is 18.0 Å².